The molecule has 7 N–H and O–H groups in total. The maximum absolute atomic E-state index is 13.1. The van der Waals surface area contributed by atoms with Crippen LogP contribution in [-0.4, -0.2) is 80.1 Å². The van der Waals surface area contributed by atoms with Crippen LogP contribution in [0.5, 0.6) is 5.75 Å². The number of nitrogens with one attached hydrogen (secondary N) is 2. The lowest BCUT2D eigenvalue weighted by Crippen LogP contribution is -2.76. The van der Waals surface area contributed by atoms with Crippen LogP contribution < -0.4 is 21.8 Å². The van der Waals surface area contributed by atoms with Gasteiger partial charge in [-0.25, -0.2) is 4.98 Å². The van der Waals surface area contributed by atoms with Crippen LogP contribution in [0.2, 0.25) is 0 Å². The van der Waals surface area contributed by atoms with Crippen LogP contribution in [0.1, 0.15) is 31.3 Å². The highest BCUT2D eigenvalue weighted by atomic mass is 32.3. The molecule has 38 heavy (non-hydrogen) atoms. The molecule has 3 rings (SSSR count). The SMILES string of the molecule is CNC(=O)C(O/N=C(\C(=O)NC1C(=O)N(OS(=O)(=O)O)C1(C)C)c1csc(N)n1)c1cc(=O)c(O)cn1O. The van der Waals surface area contributed by atoms with Gasteiger partial charge < -0.3 is 31.5 Å². The summed E-state index contributed by atoms with van der Waals surface area (Å²) < 4.78 is 35.4. The van der Waals surface area contributed by atoms with E-state index in [4.69, 9.17) is 15.1 Å². The molecule has 2 atom stereocenters. The van der Waals surface area contributed by atoms with Gasteiger partial charge in [-0.3, -0.25) is 23.7 Å². The largest absolute Gasteiger partial charge is 0.503 e. The number of hydrogen-bond acceptors (Lipinski definition) is 14. The molecule has 1 saturated heterocycles. The van der Waals surface area contributed by atoms with E-state index < -0.39 is 68.4 Å². The molecular formula is C18H21N7O11S2. The number of likely N-dealkylation sites (N-methyl/N-ethyl adjacent to an activating group) is 1. The third kappa shape index (κ3) is 5.66. The Balaban J connectivity index is 1.95. The number of rotatable bonds is 9. The number of carbonyl (C=O) groups excluding carboxylic acids is 3. The van der Waals surface area contributed by atoms with Gasteiger partial charge in [0.15, 0.2) is 16.6 Å². The zero-order valence-corrected chi connectivity index (χ0v) is 21.3. The Morgan fingerprint density at radius 3 is 2.53 bits per heavy atom. The van der Waals surface area contributed by atoms with Crippen LogP contribution in [0.4, 0.5) is 5.13 Å². The first-order chi connectivity index (χ1) is 17.6. The average molecular weight is 576 g/mol. The number of amides is 3. The van der Waals surface area contributed by atoms with Crippen molar-refractivity contribution in [2.75, 3.05) is 12.8 Å². The van der Waals surface area contributed by atoms with Gasteiger partial charge in [-0.2, -0.15) is 18.2 Å². The quantitative estimate of drug-likeness (QED) is 0.0614. The van der Waals surface area contributed by atoms with Crippen LogP contribution in [-0.2, 0) is 33.9 Å². The van der Waals surface area contributed by atoms with Crippen molar-refractivity contribution in [1.29, 1.82) is 0 Å². The van der Waals surface area contributed by atoms with Gasteiger partial charge in [0.25, 0.3) is 17.7 Å². The van der Waals surface area contributed by atoms with Crippen LogP contribution in [0, 0.1) is 0 Å². The molecule has 0 saturated carbocycles. The second kappa shape index (κ2) is 10.2. The van der Waals surface area contributed by atoms with Crippen molar-refractivity contribution in [2.45, 2.75) is 31.5 Å². The van der Waals surface area contributed by atoms with Crippen LogP contribution >= 0.6 is 11.3 Å². The monoisotopic (exact) mass is 575 g/mol. The van der Waals surface area contributed by atoms with E-state index in [2.05, 4.69) is 25.1 Å². The van der Waals surface area contributed by atoms with E-state index in [-0.39, 0.29) is 15.6 Å². The summed E-state index contributed by atoms with van der Waals surface area (Å²) >= 11 is 0.911. The maximum atomic E-state index is 13.1. The molecular weight excluding hydrogens is 554 g/mol. The van der Waals surface area contributed by atoms with Gasteiger partial charge in [-0.15, -0.1) is 15.6 Å². The van der Waals surface area contributed by atoms with E-state index in [0.29, 0.717) is 17.3 Å². The van der Waals surface area contributed by atoms with E-state index in [1.807, 2.05) is 0 Å². The number of hydrogen-bond donors (Lipinski definition) is 6. The Hall–Kier alpha value is -4.27. The normalized spacial score (nSPS) is 17.9. The Kier molecular flexibility index (Phi) is 7.63. The summed E-state index contributed by atoms with van der Waals surface area (Å²) in [6, 6.07) is -0.669. The lowest BCUT2D eigenvalue weighted by Gasteiger charge is -2.50. The molecule has 3 amide bonds. The number of anilines is 1. The van der Waals surface area contributed by atoms with E-state index in [1.165, 1.54) is 26.3 Å². The van der Waals surface area contributed by atoms with E-state index in [0.717, 1.165) is 11.3 Å². The zero-order chi connectivity index (χ0) is 28.6. The molecule has 0 aromatic carbocycles. The van der Waals surface area contributed by atoms with E-state index >= 15 is 0 Å². The summed E-state index contributed by atoms with van der Waals surface area (Å²) in [7, 11) is -3.82. The smallest absolute Gasteiger partial charge is 0.418 e. The molecule has 2 aromatic rings. The summed E-state index contributed by atoms with van der Waals surface area (Å²) in [5.41, 5.74) is 1.99. The number of nitrogen functional groups attached to an aromatic ring is 1. The molecule has 0 bridgehead atoms. The molecule has 0 aliphatic carbocycles. The standard InChI is InChI=1S/C18H21N7O11S2/c1-18(2)13(16(30)25(18)36-38(32,33)34)22-14(28)11(7-6-37-17(19)21-7)23-35-12(15(29)20-3)8-4-9(26)10(27)5-24(8)31/h4-6,12-13,27,31H,1-3H3,(H2,19,21)(H,20,29)(H,22,28)(H,32,33,34)/b23-11-. The zero-order valence-electron chi connectivity index (χ0n) is 19.7. The maximum Gasteiger partial charge on any atom is 0.418 e. The first-order valence-electron chi connectivity index (χ1n) is 10.2. The van der Waals surface area contributed by atoms with Crippen molar-refractivity contribution in [3.8, 4) is 5.75 Å². The number of nitrogens with two attached hydrogens (primary N) is 1. The molecule has 2 aromatic heterocycles. The molecule has 20 heteroatoms. The molecule has 2 unspecified atom stereocenters. The summed E-state index contributed by atoms with van der Waals surface area (Å²) in [6.45, 7) is 2.65. The number of aromatic hydroxyl groups is 1. The fourth-order valence-corrected chi connectivity index (χ4v) is 4.22. The van der Waals surface area contributed by atoms with Gasteiger partial charge in [0.05, 0.1) is 11.7 Å². The van der Waals surface area contributed by atoms with Crippen molar-refractivity contribution in [2.24, 2.45) is 5.16 Å². The molecule has 1 fully saturated rings. The number of carbonyl (C=O) groups is 3. The minimum atomic E-state index is -5.03. The Morgan fingerprint density at radius 2 is 2.00 bits per heavy atom. The predicted octanol–water partition coefficient (Wildman–Crippen LogP) is -2.12. The molecule has 1 aliphatic rings. The first-order valence-corrected chi connectivity index (χ1v) is 12.4. The molecule has 1 aliphatic heterocycles. The van der Waals surface area contributed by atoms with Crippen molar-refractivity contribution in [3.63, 3.8) is 0 Å². The highest BCUT2D eigenvalue weighted by molar-refractivity contribution is 7.80. The second-order valence-corrected chi connectivity index (χ2v) is 9.99. The third-order valence-corrected chi connectivity index (χ3v) is 6.16. The number of pyridine rings is 1. The Labute approximate surface area is 217 Å². The average Bonchev–Trinajstić information content (AvgIpc) is 3.25. The van der Waals surface area contributed by atoms with Crippen LogP contribution in [0.25, 0.3) is 0 Å². The second-order valence-electron chi connectivity index (χ2n) is 8.10. The predicted molar refractivity (Wildman–Crippen MR) is 126 cm³/mol. The molecule has 3 heterocycles. The number of nitrogens with zero attached hydrogens (tertiary/aromatic N) is 4. The van der Waals surface area contributed by atoms with Gasteiger partial charge >= 0.3 is 10.4 Å². The summed E-state index contributed by atoms with van der Waals surface area (Å²) in [6.07, 6.45) is -1.21. The van der Waals surface area contributed by atoms with Gasteiger partial charge in [-0.05, 0) is 13.8 Å². The van der Waals surface area contributed by atoms with Crippen molar-refractivity contribution in [1.82, 2.24) is 25.4 Å². The summed E-state index contributed by atoms with van der Waals surface area (Å²) in [5, 5.41) is 29.4. The van der Waals surface area contributed by atoms with Crippen LogP contribution in [0.3, 0.4) is 0 Å². The van der Waals surface area contributed by atoms with Gasteiger partial charge in [0.2, 0.25) is 11.5 Å². The fourth-order valence-electron chi connectivity index (χ4n) is 3.22. The number of hydroxylamine groups is 2. The van der Waals surface area contributed by atoms with Crippen LogP contribution in [0.15, 0.2) is 27.6 Å². The topological polar surface area (TPSA) is 265 Å². The van der Waals surface area contributed by atoms with E-state index in [9.17, 15) is 37.9 Å². The third-order valence-electron chi connectivity index (χ3n) is 5.14. The number of oxime groups is 1. The van der Waals surface area contributed by atoms with Gasteiger partial charge in [0.1, 0.15) is 17.4 Å². The molecule has 0 spiro atoms. The van der Waals surface area contributed by atoms with Crippen molar-refractivity contribution < 1.29 is 46.8 Å². The van der Waals surface area contributed by atoms with Crippen molar-refractivity contribution in [3.05, 3.63) is 39.3 Å². The molecule has 0 radical (unpaired) electrons. The highest BCUT2D eigenvalue weighted by Gasteiger charge is 2.58. The first kappa shape index (κ1) is 28.3. The lowest BCUT2D eigenvalue weighted by atomic mass is 9.84. The van der Waals surface area contributed by atoms with E-state index in [1.54, 1.807) is 0 Å². The summed E-state index contributed by atoms with van der Waals surface area (Å²) in [5.74, 6) is -3.87. The molecule has 206 valence electrons. The number of thiazole rings is 1. The number of β-lactam (4-membered cyclic amide) rings is 1. The van der Waals surface area contributed by atoms with Crippen molar-refractivity contribution >= 4 is 50.3 Å². The lowest BCUT2D eigenvalue weighted by molar-refractivity contribution is -0.218. The summed E-state index contributed by atoms with van der Waals surface area (Å²) in [4.78, 5) is 58.9. The number of aromatic nitrogens is 2. The Morgan fingerprint density at radius 1 is 1.34 bits per heavy atom. The Bertz CT molecular complexity index is 1480. The van der Waals surface area contributed by atoms with Gasteiger partial charge in [0, 0.05) is 18.5 Å². The fraction of sp³-hybridized carbons (Fsp3) is 0.333. The van der Waals surface area contributed by atoms with Gasteiger partial charge in [-0.1, -0.05) is 5.16 Å². The highest BCUT2D eigenvalue weighted by Crippen LogP contribution is 2.33. The minimum absolute atomic E-state index is 0.0128. The minimum Gasteiger partial charge on any atom is -0.503 e. The molecule has 18 nitrogen and oxygen atoms in total.